The Morgan fingerprint density at radius 3 is 2.22 bits per heavy atom. The molecule has 23 heavy (non-hydrogen) atoms. The summed E-state index contributed by atoms with van der Waals surface area (Å²) >= 11 is 0. The quantitative estimate of drug-likeness (QED) is 0.368. The Kier molecular flexibility index (Phi) is 4.67. The molecule has 0 saturated carbocycles. The Hall–Kier alpha value is -2.68. The summed E-state index contributed by atoms with van der Waals surface area (Å²) in [7, 11) is 0. The van der Waals surface area contributed by atoms with Gasteiger partial charge in [-0.05, 0) is 43.5 Å². The van der Waals surface area contributed by atoms with Crippen LogP contribution in [-0.2, 0) is 4.79 Å². The van der Waals surface area contributed by atoms with Gasteiger partial charge in [-0.2, -0.15) is 0 Å². The van der Waals surface area contributed by atoms with Gasteiger partial charge in [0.2, 0.25) is 0 Å². The number of carbonyl (C=O) groups is 2. The molecule has 1 aliphatic carbocycles. The number of carbonyl (C=O) groups excluding carboxylic acids is 2. The molecule has 0 radical (unpaired) electrons. The number of benzene rings is 2. The van der Waals surface area contributed by atoms with Gasteiger partial charge < -0.3 is 4.74 Å². The van der Waals surface area contributed by atoms with Crippen LogP contribution < -0.4 is 4.74 Å². The SMILES string of the molecule is O=C(c1ccccc1)c1ccc(OC(=O)[C@H]2CC=CCC2)cc1. The molecular formula is C20H18O3. The maximum absolute atomic E-state index is 12.3. The number of rotatable bonds is 4. The van der Waals surface area contributed by atoms with Gasteiger partial charge in [0.05, 0.1) is 5.92 Å². The summed E-state index contributed by atoms with van der Waals surface area (Å²) in [5.41, 5.74) is 1.22. The number of allylic oxidation sites excluding steroid dienone is 2. The molecule has 2 aromatic rings. The molecular weight excluding hydrogens is 288 g/mol. The Morgan fingerprint density at radius 2 is 1.57 bits per heavy atom. The molecule has 0 aromatic heterocycles. The van der Waals surface area contributed by atoms with Crippen molar-refractivity contribution >= 4 is 11.8 Å². The fourth-order valence-corrected chi connectivity index (χ4v) is 2.64. The molecule has 2 aromatic carbocycles. The van der Waals surface area contributed by atoms with Crippen LogP contribution in [0.2, 0.25) is 0 Å². The number of hydrogen-bond acceptors (Lipinski definition) is 3. The Labute approximate surface area is 135 Å². The van der Waals surface area contributed by atoms with E-state index in [2.05, 4.69) is 6.08 Å². The first kappa shape index (κ1) is 15.2. The lowest BCUT2D eigenvalue weighted by Crippen LogP contribution is -2.21. The standard InChI is InChI=1S/C20H18O3/c21-19(15-7-3-1-4-8-15)16-11-13-18(14-12-16)23-20(22)17-9-5-2-6-10-17/h1-5,7-8,11-14,17H,6,9-10H2/t17-/m0/s1. The lowest BCUT2D eigenvalue weighted by molar-refractivity contribution is -0.139. The van der Waals surface area contributed by atoms with Crippen molar-refractivity contribution in [1.29, 1.82) is 0 Å². The third-order valence-corrected chi connectivity index (χ3v) is 3.97. The van der Waals surface area contributed by atoms with E-state index in [4.69, 9.17) is 4.74 Å². The minimum atomic E-state index is -0.198. The van der Waals surface area contributed by atoms with Crippen molar-refractivity contribution in [1.82, 2.24) is 0 Å². The molecule has 0 saturated heterocycles. The second kappa shape index (κ2) is 7.05. The summed E-state index contributed by atoms with van der Waals surface area (Å²) in [5, 5.41) is 0. The topological polar surface area (TPSA) is 43.4 Å². The Balaban J connectivity index is 1.66. The van der Waals surface area contributed by atoms with Gasteiger partial charge in [-0.3, -0.25) is 9.59 Å². The fraction of sp³-hybridized carbons (Fsp3) is 0.200. The second-order valence-corrected chi connectivity index (χ2v) is 5.62. The molecule has 0 heterocycles. The molecule has 0 N–H and O–H groups in total. The third kappa shape index (κ3) is 3.75. The molecule has 3 rings (SSSR count). The van der Waals surface area contributed by atoms with Gasteiger partial charge in [0.1, 0.15) is 5.75 Å². The van der Waals surface area contributed by atoms with E-state index in [1.807, 2.05) is 24.3 Å². The van der Waals surface area contributed by atoms with E-state index < -0.39 is 0 Å². The molecule has 116 valence electrons. The maximum atomic E-state index is 12.3. The number of esters is 1. The zero-order chi connectivity index (χ0) is 16.1. The highest BCUT2D eigenvalue weighted by molar-refractivity contribution is 6.09. The monoisotopic (exact) mass is 306 g/mol. The van der Waals surface area contributed by atoms with Crippen molar-refractivity contribution in [3.05, 3.63) is 77.9 Å². The van der Waals surface area contributed by atoms with Crippen LogP contribution in [0.4, 0.5) is 0 Å². The van der Waals surface area contributed by atoms with Crippen molar-refractivity contribution in [2.75, 3.05) is 0 Å². The summed E-state index contributed by atoms with van der Waals surface area (Å²) < 4.78 is 5.41. The van der Waals surface area contributed by atoms with Crippen LogP contribution in [0.1, 0.15) is 35.2 Å². The van der Waals surface area contributed by atoms with Gasteiger partial charge in [0.25, 0.3) is 0 Å². The van der Waals surface area contributed by atoms with Crippen molar-refractivity contribution < 1.29 is 14.3 Å². The minimum absolute atomic E-state index is 0.0408. The van der Waals surface area contributed by atoms with Gasteiger partial charge in [0.15, 0.2) is 5.78 Å². The minimum Gasteiger partial charge on any atom is -0.426 e. The van der Waals surface area contributed by atoms with Crippen molar-refractivity contribution in [3.63, 3.8) is 0 Å². The van der Waals surface area contributed by atoms with Crippen LogP contribution >= 0.6 is 0 Å². The highest BCUT2D eigenvalue weighted by Crippen LogP contribution is 2.22. The van der Waals surface area contributed by atoms with E-state index >= 15 is 0 Å². The first-order valence-corrected chi connectivity index (χ1v) is 7.80. The number of hydrogen-bond donors (Lipinski definition) is 0. The normalized spacial score (nSPS) is 16.8. The molecule has 0 unspecified atom stereocenters. The summed E-state index contributed by atoms with van der Waals surface area (Å²) in [6, 6.07) is 15.8. The van der Waals surface area contributed by atoms with E-state index in [0.717, 1.165) is 19.3 Å². The molecule has 3 nitrogen and oxygen atoms in total. The Bertz CT molecular complexity index is 714. The molecule has 0 bridgehead atoms. The van der Waals surface area contributed by atoms with E-state index in [0.29, 0.717) is 16.9 Å². The first-order chi connectivity index (χ1) is 11.2. The van der Waals surface area contributed by atoms with Crippen LogP contribution in [0.5, 0.6) is 5.75 Å². The summed E-state index contributed by atoms with van der Waals surface area (Å²) in [6.07, 6.45) is 6.61. The molecule has 0 aliphatic heterocycles. The lowest BCUT2D eigenvalue weighted by atomic mass is 9.95. The molecule has 0 fully saturated rings. The molecule has 3 heteroatoms. The largest absolute Gasteiger partial charge is 0.426 e. The molecule has 1 atom stereocenters. The highest BCUT2D eigenvalue weighted by Gasteiger charge is 2.20. The average Bonchev–Trinajstić information content (AvgIpc) is 2.63. The molecule has 1 aliphatic rings. The summed E-state index contributed by atoms with van der Waals surface area (Å²) in [5.74, 6) is 0.178. The average molecular weight is 306 g/mol. The van der Waals surface area contributed by atoms with Gasteiger partial charge in [-0.15, -0.1) is 0 Å². The lowest BCUT2D eigenvalue weighted by Gasteiger charge is -2.16. The zero-order valence-electron chi connectivity index (χ0n) is 12.8. The van der Waals surface area contributed by atoms with Gasteiger partial charge in [0, 0.05) is 11.1 Å². The summed E-state index contributed by atoms with van der Waals surface area (Å²) in [4.78, 5) is 24.4. The summed E-state index contributed by atoms with van der Waals surface area (Å²) in [6.45, 7) is 0. The number of ketones is 1. The van der Waals surface area contributed by atoms with Gasteiger partial charge >= 0.3 is 5.97 Å². The predicted molar refractivity (Wildman–Crippen MR) is 88.4 cm³/mol. The van der Waals surface area contributed by atoms with Crippen LogP contribution in [0.25, 0.3) is 0 Å². The first-order valence-electron chi connectivity index (χ1n) is 7.80. The van der Waals surface area contributed by atoms with Crippen molar-refractivity contribution in [2.24, 2.45) is 5.92 Å². The fourth-order valence-electron chi connectivity index (χ4n) is 2.64. The predicted octanol–water partition coefficient (Wildman–Crippen LogP) is 4.18. The maximum Gasteiger partial charge on any atom is 0.314 e. The van der Waals surface area contributed by atoms with E-state index in [1.165, 1.54) is 0 Å². The van der Waals surface area contributed by atoms with Crippen LogP contribution in [-0.4, -0.2) is 11.8 Å². The van der Waals surface area contributed by atoms with Crippen LogP contribution in [0.15, 0.2) is 66.7 Å². The van der Waals surface area contributed by atoms with Crippen molar-refractivity contribution in [3.8, 4) is 5.75 Å². The van der Waals surface area contributed by atoms with Gasteiger partial charge in [-0.1, -0.05) is 42.5 Å². The highest BCUT2D eigenvalue weighted by atomic mass is 16.5. The van der Waals surface area contributed by atoms with E-state index in [9.17, 15) is 9.59 Å². The molecule has 0 amide bonds. The number of ether oxygens (including phenoxy) is 1. The van der Waals surface area contributed by atoms with E-state index in [-0.39, 0.29) is 17.7 Å². The van der Waals surface area contributed by atoms with E-state index in [1.54, 1.807) is 36.4 Å². The van der Waals surface area contributed by atoms with Crippen molar-refractivity contribution in [2.45, 2.75) is 19.3 Å². The van der Waals surface area contributed by atoms with Crippen LogP contribution in [0, 0.1) is 5.92 Å². The van der Waals surface area contributed by atoms with Gasteiger partial charge in [-0.25, -0.2) is 0 Å². The molecule has 0 spiro atoms. The van der Waals surface area contributed by atoms with Crippen LogP contribution in [0.3, 0.4) is 0 Å². The second-order valence-electron chi connectivity index (χ2n) is 5.62. The third-order valence-electron chi connectivity index (χ3n) is 3.97. The smallest absolute Gasteiger partial charge is 0.314 e. The zero-order valence-corrected chi connectivity index (χ0v) is 12.8. The Morgan fingerprint density at radius 1 is 0.870 bits per heavy atom.